The third kappa shape index (κ3) is 4.87. The van der Waals surface area contributed by atoms with Gasteiger partial charge in [0.15, 0.2) is 5.96 Å². The van der Waals surface area contributed by atoms with Crippen molar-refractivity contribution in [2.45, 2.75) is 54.0 Å². The second-order valence-electron chi connectivity index (χ2n) is 5.49. The van der Waals surface area contributed by atoms with Crippen molar-refractivity contribution in [1.82, 2.24) is 15.8 Å². The van der Waals surface area contributed by atoms with E-state index < -0.39 is 0 Å². The largest absolute Gasteiger partial charge is 0.361 e. The molecule has 0 aliphatic rings. The fraction of sp³-hybridized carbons (Fsp3) is 0.733. The average Bonchev–Trinajstić information content (AvgIpc) is 2.70. The lowest BCUT2D eigenvalue weighted by molar-refractivity contribution is 0.392. The third-order valence-corrected chi connectivity index (χ3v) is 3.52. The molecule has 0 aromatic carbocycles. The summed E-state index contributed by atoms with van der Waals surface area (Å²) in [5, 5.41) is 10.7. The normalized spacial score (nSPS) is 13.7. The second kappa shape index (κ2) is 7.92. The first-order valence-electron chi connectivity index (χ1n) is 7.42. The van der Waals surface area contributed by atoms with Crippen LogP contribution in [-0.2, 0) is 6.42 Å². The maximum Gasteiger partial charge on any atom is 0.191 e. The zero-order valence-electron chi connectivity index (χ0n) is 13.6. The topological polar surface area (TPSA) is 62.5 Å². The summed E-state index contributed by atoms with van der Waals surface area (Å²) in [7, 11) is 0. The summed E-state index contributed by atoms with van der Waals surface area (Å²) in [5.41, 5.74) is 2.13. The number of hydrogen-bond acceptors (Lipinski definition) is 3. The van der Waals surface area contributed by atoms with Crippen LogP contribution < -0.4 is 10.6 Å². The molecule has 1 atom stereocenters. The molecule has 1 aromatic heterocycles. The van der Waals surface area contributed by atoms with E-state index in [4.69, 9.17) is 4.52 Å². The van der Waals surface area contributed by atoms with E-state index in [0.29, 0.717) is 12.0 Å². The van der Waals surface area contributed by atoms with Gasteiger partial charge < -0.3 is 15.2 Å². The van der Waals surface area contributed by atoms with Crippen LogP contribution in [0.4, 0.5) is 0 Å². The van der Waals surface area contributed by atoms with Gasteiger partial charge in [-0.2, -0.15) is 0 Å². The molecule has 0 saturated carbocycles. The highest BCUT2D eigenvalue weighted by Crippen LogP contribution is 2.12. The van der Waals surface area contributed by atoms with Crippen molar-refractivity contribution in [3.63, 3.8) is 0 Å². The third-order valence-electron chi connectivity index (χ3n) is 3.52. The van der Waals surface area contributed by atoms with Crippen molar-refractivity contribution < 1.29 is 4.52 Å². The Balaban J connectivity index is 2.59. The average molecular weight is 280 g/mol. The fourth-order valence-corrected chi connectivity index (χ4v) is 1.84. The van der Waals surface area contributed by atoms with Crippen molar-refractivity contribution in [1.29, 1.82) is 0 Å². The van der Waals surface area contributed by atoms with Crippen molar-refractivity contribution in [2.75, 3.05) is 13.1 Å². The maximum atomic E-state index is 5.17. The molecule has 20 heavy (non-hydrogen) atoms. The molecule has 0 saturated heterocycles. The summed E-state index contributed by atoms with van der Waals surface area (Å²) < 4.78 is 5.17. The standard InChI is InChI=1S/C15H28N4O/c1-7-16-15(18-11(4)10(2)3)17-9-8-14-12(5)19-20-13(14)6/h10-11H,7-9H2,1-6H3,(H2,16,17,18). The van der Waals surface area contributed by atoms with Crippen LogP contribution in [0.2, 0.25) is 0 Å². The molecule has 2 N–H and O–H groups in total. The van der Waals surface area contributed by atoms with Gasteiger partial charge in [0.25, 0.3) is 0 Å². The summed E-state index contributed by atoms with van der Waals surface area (Å²) in [6.45, 7) is 14.2. The minimum Gasteiger partial charge on any atom is -0.361 e. The predicted octanol–water partition coefficient (Wildman–Crippen LogP) is 2.43. The number of aliphatic imine (C=N–C) groups is 1. The van der Waals surface area contributed by atoms with Crippen molar-refractivity contribution in [3.05, 3.63) is 17.0 Å². The molecule has 1 aromatic rings. The van der Waals surface area contributed by atoms with Crippen LogP contribution in [0.3, 0.4) is 0 Å². The molecular weight excluding hydrogens is 252 g/mol. The Labute approximate surface area is 122 Å². The van der Waals surface area contributed by atoms with Gasteiger partial charge in [0.1, 0.15) is 5.76 Å². The van der Waals surface area contributed by atoms with Gasteiger partial charge in [-0.15, -0.1) is 0 Å². The van der Waals surface area contributed by atoms with E-state index in [-0.39, 0.29) is 0 Å². The zero-order chi connectivity index (χ0) is 15.1. The van der Waals surface area contributed by atoms with Crippen LogP contribution in [0.1, 0.15) is 44.7 Å². The van der Waals surface area contributed by atoms with Crippen LogP contribution >= 0.6 is 0 Å². The lowest BCUT2D eigenvalue weighted by Crippen LogP contribution is -2.44. The van der Waals surface area contributed by atoms with Gasteiger partial charge >= 0.3 is 0 Å². The minimum absolute atomic E-state index is 0.395. The van der Waals surface area contributed by atoms with Crippen LogP contribution in [0.15, 0.2) is 9.52 Å². The summed E-state index contributed by atoms with van der Waals surface area (Å²) in [6, 6.07) is 0.395. The molecule has 0 aliphatic carbocycles. The lowest BCUT2D eigenvalue weighted by Gasteiger charge is -2.20. The van der Waals surface area contributed by atoms with E-state index in [1.807, 2.05) is 13.8 Å². The summed E-state index contributed by atoms with van der Waals surface area (Å²) >= 11 is 0. The Morgan fingerprint density at radius 3 is 2.50 bits per heavy atom. The van der Waals surface area contributed by atoms with Crippen LogP contribution in [0.25, 0.3) is 0 Å². The lowest BCUT2D eigenvalue weighted by atomic mass is 10.1. The minimum atomic E-state index is 0.395. The van der Waals surface area contributed by atoms with Crippen LogP contribution in [0.5, 0.6) is 0 Å². The smallest absolute Gasteiger partial charge is 0.191 e. The van der Waals surface area contributed by atoms with E-state index in [1.54, 1.807) is 0 Å². The highest BCUT2D eigenvalue weighted by Gasteiger charge is 2.10. The summed E-state index contributed by atoms with van der Waals surface area (Å²) in [5.74, 6) is 2.34. The van der Waals surface area contributed by atoms with E-state index in [2.05, 4.69) is 48.5 Å². The quantitative estimate of drug-likeness (QED) is 0.620. The zero-order valence-corrected chi connectivity index (χ0v) is 13.6. The summed E-state index contributed by atoms with van der Waals surface area (Å²) in [4.78, 5) is 4.62. The molecule has 114 valence electrons. The van der Waals surface area contributed by atoms with Crippen LogP contribution in [-0.4, -0.2) is 30.2 Å². The molecule has 1 unspecified atom stereocenters. The van der Waals surface area contributed by atoms with Gasteiger partial charge in [-0.25, -0.2) is 0 Å². The van der Waals surface area contributed by atoms with Gasteiger partial charge in [0, 0.05) is 24.7 Å². The Bertz CT molecular complexity index is 418. The predicted molar refractivity (Wildman–Crippen MR) is 83.1 cm³/mol. The molecule has 0 fully saturated rings. The fourth-order valence-electron chi connectivity index (χ4n) is 1.84. The number of nitrogens with one attached hydrogen (secondary N) is 2. The highest BCUT2D eigenvalue weighted by molar-refractivity contribution is 5.80. The molecular formula is C15H28N4O. The molecule has 5 heteroatoms. The highest BCUT2D eigenvalue weighted by atomic mass is 16.5. The SMILES string of the molecule is CCNC(=NCCc1c(C)noc1C)NC(C)C(C)C. The number of rotatable bonds is 6. The van der Waals surface area contributed by atoms with Crippen molar-refractivity contribution >= 4 is 5.96 Å². The van der Waals surface area contributed by atoms with E-state index in [0.717, 1.165) is 36.9 Å². The number of guanidine groups is 1. The number of aromatic nitrogens is 1. The number of aryl methyl sites for hydroxylation is 2. The Morgan fingerprint density at radius 2 is 2.00 bits per heavy atom. The van der Waals surface area contributed by atoms with Gasteiger partial charge in [-0.05, 0) is 40.0 Å². The molecule has 0 amide bonds. The number of hydrogen-bond donors (Lipinski definition) is 2. The molecule has 1 rings (SSSR count). The molecule has 5 nitrogen and oxygen atoms in total. The molecule has 1 heterocycles. The van der Waals surface area contributed by atoms with Crippen molar-refractivity contribution in [3.8, 4) is 0 Å². The monoisotopic (exact) mass is 280 g/mol. The second-order valence-corrected chi connectivity index (χ2v) is 5.49. The van der Waals surface area contributed by atoms with E-state index in [1.165, 1.54) is 5.56 Å². The molecule has 0 radical (unpaired) electrons. The van der Waals surface area contributed by atoms with Gasteiger partial charge in [-0.1, -0.05) is 19.0 Å². The first-order valence-corrected chi connectivity index (χ1v) is 7.42. The molecule has 0 bridgehead atoms. The van der Waals surface area contributed by atoms with Gasteiger partial charge in [0.2, 0.25) is 0 Å². The van der Waals surface area contributed by atoms with Gasteiger partial charge in [0.05, 0.1) is 5.69 Å². The van der Waals surface area contributed by atoms with Crippen LogP contribution in [0, 0.1) is 19.8 Å². The van der Waals surface area contributed by atoms with E-state index in [9.17, 15) is 0 Å². The Hall–Kier alpha value is -1.52. The first kappa shape index (κ1) is 16.5. The maximum absolute atomic E-state index is 5.17. The van der Waals surface area contributed by atoms with E-state index >= 15 is 0 Å². The molecule has 0 spiro atoms. The first-order chi connectivity index (χ1) is 9.45. The molecule has 0 aliphatic heterocycles. The van der Waals surface area contributed by atoms with Gasteiger partial charge in [-0.3, -0.25) is 4.99 Å². The Morgan fingerprint density at radius 1 is 1.30 bits per heavy atom. The number of nitrogens with zero attached hydrogens (tertiary/aromatic N) is 2. The van der Waals surface area contributed by atoms with Crippen molar-refractivity contribution in [2.24, 2.45) is 10.9 Å². The summed E-state index contributed by atoms with van der Waals surface area (Å²) in [6.07, 6.45) is 0.855. The Kier molecular flexibility index (Phi) is 6.55.